The van der Waals surface area contributed by atoms with Gasteiger partial charge in [-0.15, -0.1) is 0 Å². The van der Waals surface area contributed by atoms with E-state index >= 15 is 0 Å². The van der Waals surface area contributed by atoms with Gasteiger partial charge < -0.3 is 43.0 Å². The lowest BCUT2D eigenvalue weighted by atomic mass is 10.0. The molecule has 3 saturated heterocycles. The molecule has 3 amide bonds. The Hall–Kier alpha value is -13.0. The van der Waals surface area contributed by atoms with E-state index in [-0.39, 0.29) is 17.7 Å². The van der Waals surface area contributed by atoms with Crippen LogP contribution in [0.5, 0.6) is 0 Å². The number of aromatic amines is 1. The van der Waals surface area contributed by atoms with Crippen LogP contribution < -0.4 is 0 Å². The maximum absolute atomic E-state index is 13.4. The van der Waals surface area contributed by atoms with Crippen LogP contribution in [0.2, 0.25) is 0 Å². The number of ether oxygens (including phenoxy) is 3. The fraction of sp³-hybridized carbons (Fsp3) is 0.152. The quantitative estimate of drug-likeness (QED) is 0.125. The van der Waals surface area contributed by atoms with Gasteiger partial charge in [0.15, 0.2) is 0 Å². The molecule has 3 aromatic heterocycles. The predicted molar refractivity (Wildman–Crippen MR) is 467 cm³/mol. The van der Waals surface area contributed by atoms with Crippen molar-refractivity contribution in [3.05, 3.63) is 343 Å². The van der Waals surface area contributed by atoms with Gasteiger partial charge in [-0.2, -0.15) is 0 Å². The van der Waals surface area contributed by atoms with Crippen LogP contribution in [0.25, 0.3) is 132 Å². The van der Waals surface area contributed by atoms with Gasteiger partial charge in [-0.1, -0.05) is 271 Å². The van der Waals surface area contributed by atoms with E-state index in [0.29, 0.717) is 109 Å². The highest BCUT2D eigenvalue weighted by molar-refractivity contribution is 9.08. The molecule has 15 nitrogen and oxygen atoms in total. The molecule has 0 spiro atoms. The molecular weight excluding hydrogens is 1490 g/mol. The maximum atomic E-state index is 13.4. The average Bonchev–Trinajstić information content (AvgIpc) is 1.61. The first kappa shape index (κ1) is 73.5. The van der Waals surface area contributed by atoms with Crippen LogP contribution in [0.3, 0.4) is 0 Å². The Labute approximate surface area is 673 Å². The number of nitrogens with zero attached hydrogens (tertiary/aromatic N) is 8. The molecule has 0 unspecified atom stereocenters. The molecule has 18 aromatic rings. The number of imidazole rings is 3. The molecule has 1 N–H and O–H groups in total. The van der Waals surface area contributed by atoms with Gasteiger partial charge in [-0.05, 0) is 136 Å². The summed E-state index contributed by atoms with van der Waals surface area (Å²) >= 11 is 3.48. The number of carbonyl (C=O) groups is 3. The van der Waals surface area contributed by atoms with Gasteiger partial charge in [-0.25, -0.2) is 15.0 Å². The van der Waals surface area contributed by atoms with Crippen molar-refractivity contribution in [2.24, 2.45) is 0 Å². The molecule has 3 aliphatic heterocycles. The average molecular weight is 1570 g/mol. The lowest BCUT2D eigenvalue weighted by molar-refractivity contribution is 0.0301. The zero-order valence-electron chi connectivity index (χ0n) is 63.5. The number of morpholine rings is 3. The van der Waals surface area contributed by atoms with E-state index < -0.39 is 0 Å². The van der Waals surface area contributed by atoms with E-state index in [0.717, 1.165) is 88.8 Å². The number of rotatable bonds is 11. The van der Waals surface area contributed by atoms with E-state index in [2.05, 4.69) is 273 Å². The lowest BCUT2D eigenvalue weighted by Gasteiger charge is -2.26. The number of alkyl halides is 1. The van der Waals surface area contributed by atoms with Crippen molar-refractivity contribution in [2.75, 3.05) is 78.9 Å². The summed E-state index contributed by atoms with van der Waals surface area (Å²) in [7, 11) is 0. The third-order valence-corrected chi connectivity index (χ3v) is 22.8. The van der Waals surface area contributed by atoms with Crippen LogP contribution in [0.4, 0.5) is 0 Å². The van der Waals surface area contributed by atoms with Gasteiger partial charge in [0, 0.05) is 78.0 Å². The number of benzene rings is 15. The first-order valence-corrected chi connectivity index (χ1v) is 40.4. The normalized spacial score (nSPS) is 13.8. The molecular formula is C99H82BrN9O6. The van der Waals surface area contributed by atoms with E-state index in [1.807, 2.05) is 81.4 Å². The Kier molecular flexibility index (Phi) is 21.3. The van der Waals surface area contributed by atoms with Crippen LogP contribution in [0.1, 0.15) is 47.8 Å². The van der Waals surface area contributed by atoms with Gasteiger partial charge in [0.05, 0.1) is 85.8 Å². The zero-order valence-corrected chi connectivity index (χ0v) is 65.0. The molecule has 0 radical (unpaired) electrons. The van der Waals surface area contributed by atoms with Crippen molar-refractivity contribution in [1.29, 1.82) is 0 Å². The molecule has 0 aliphatic carbocycles. The molecule has 6 heterocycles. The lowest BCUT2D eigenvalue weighted by Crippen LogP contribution is -2.40. The summed E-state index contributed by atoms with van der Waals surface area (Å²) in [6.07, 6.45) is 0. The van der Waals surface area contributed by atoms with Gasteiger partial charge in [0.25, 0.3) is 17.7 Å². The highest BCUT2D eigenvalue weighted by atomic mass is 79.9. The number of fused-ring (bicyclic) bond motifs is 9. The smallest absolute Gasteiger partial charge is 0.254 e. The molecule has 3 aliphatic rings. The Morgan fingerprint density at radius 3 is 1.11 bits per heavy atom. The van der Waals surface area contributed by atoms with Crippen LogP contribution in [-0.2, 0) is 32.6 Å². The van der Waals surface area contributed by atoms with Gasteiger partial charge in [-0.3, -0.25) is 14.4 Å². The van der Waals surface area contributed by atoms with Crippen LogP contribution in [0.15, 0.2) is 309 Å². The summed E-state index contributed by atoms with van der Waals surface area (Å²) < 4.78 is 20.8. The minimum atomic E-state index is 0.0329. The molecule has 15 aromatic carbocycles. The Morgan fingerprint density at radius 2 is 0.652 bits per heavy atom. The molecule has 0 bridgehead atoms. The van der Waals surface area contributed by atoms with E-state index in [4.69, 9.17) is 29.2 Å². The van der Waals surface area contributed by atoms with Crippen LogP contribution >= 0.6 is 15.9 Å². The van der Waals surface area contributed by atoms with Gasteiger partial charge in [0.2, 0.25) is 0 Å². The van der Waals surface area contributed by atoms with E-state index in [1.54, 1.807) is 0 Å². The van der Waals surface area contributed by atoms with Crippen LogP contribution in [-0.4, -0.2) is 140 Å². The summed E-state index contributed by atoms with van der Waals surface area (Å²) in [5.74, 6) is 2.74. The zero-order chi connectivity index (χ0) is 77.6. The second-order valence-corrected chi connectivity index (χ2v) is 29.7. The summed E-state index contributed by atoms with van der Waals surface area (Å²) in [4.78, 5) is 63.4. The highest BCUT2D eigenvalue weighted by Gasteiger charge is 2.26. The van der Waals surface area contributed by atoms with Crippen molar-refractivity contribution in [3.8, 4) is 34.2 Å². The van der Waals surface area contributed by atoms with Crippen LogP contribution in [0, 0.1) is 0 Å². The number of hydrogen-bond acceptors (Lipinski definition) is 9. The number of H-pyrrole nitrogens is 1. The van der Waals surface area contributed by atoms with Gasteiger partial charge >= 0.3 is 0 Å². The maximum Gasteiger partial charge on any atom is 0.254 e. The molecule has 3 fully saturated rings. The number of nitrogens with one attached hydrogen (secondary N) is 1. The third kappa shape index (κ3) is 15.4. The number of aromatic nitrogens is 6. The fourth-order valence-electron chi connectivity index (χ4n) is 16.3. The first-order chi connectivity index (χ1) is 56.7. The Balaban J connectivity index is 0.000000113. The second kappa shape index (κ2) is 33.4. The SMILES string of the molecule is BrCc1cccc2ccccc12.O=C(c1ccc2c(c1)nc(-c1cccc3ccccc13)n2Cc1cccc2ccccc12)N1CCOCC1.O=C(c1ccc2nc(-c3cccc4ccccc34)[nH]c2c1)N1CCOCC1.O=C(c1ccc2nc(-c3cccc4ccccc34)n(Cc3cccc4ccccc34)c2c1)N1CCOCC1. The monoisotopic (exact) mass is 1570 g/mol. The number of hydrogen-bond donors (Lipinski definition) is 1. The standard InChI is InChI=1S/2C33H27N3O2.C22H19N3O2.C11H9Br/c37-33(35-17-19-38-20-18-35)25-15-16-31-30(21-25)34-32(29-14-6-10-24-8-2-4-13-28(24)29)36(31)22-26-11-5-9-23-7-1-3-12-27(23)26;37-33(35-17-19-38-20-18-35)25-15-16-30-31(21-25)36(22-26-11-5-9-23-7-1-3-12-27(23)26)32(34-30)29-14-6-10-24-8-2-4-13-28(24)29;26-22(25-10-12-27-13-11-25)16-8-9-19-20(14-16)24-21(23-19)18-7-3-5-15-4-1-2-6-17(15)18;12-8-10-6-3-5-9-4-1-2-7-11(9)10/h2*1-16,21H,17-20,22H2;1-9,14H,10-13H2,(H,23,24);1-7H,8H2. The molecule has 16 heteroatoms. The third-order valence-electron chi connectivity index (χ3n) is 22.2. The summed E-state index contributed by atoms with van der Waals surface area (Å²) in [6, 6.07) is 106. The number of carbonyl (C=O) groups excluding carboxylic acids is 3. The fourth-order valence-corrected chi connectivity index (χ4v) is 16.7. The summed E-state index contributed by atoms with van der Waals surface area (Å²) in [5, 5.41) is 15.5. The summed E-state index contributed by atoms with van der Waals surface area (Å²) in [6.45, 7) is 8.60. The van der Waals surface area contributed by atoms with Crippen molar-refractivity contribution in [1.82, 2.24) is 43.8 Å². The van der Waals surface area contributed by atoms with E-state index in [1.165, 1.54) is 65.2 Å². The molecule has 0 atom stereocenters. The Bertz CT molecular complexity index is 6560. The topological polar surface area (TPSA) is 153 Å². The largest absolute Gasteiger partial charge is 0.378 e. The molecule has 21 rings (SSSR count). The summed E-state index contributed by atoms with van der Waals surface area (Å²) in [5.41, 5.74) is 14.5. The molecule has 566 valence electrons. The Morgan fingerprint density at radius 1 is 0.313 bits per heavy atom. The first-order valence-electron chi connectivity index (χ1n) is 39.3. The van der Waals surface area contributed by atoms with Crippen molar-refractivity contribution in [3.63, 3.8) is 0 Å². The van der Waals surface area contributed by atoms with Crippen molar-refractivity contribution >= 4 is 131 Å². The number of amides is 3. The second-order valence-electron chi connectivity index (χ2n) is 29.1. The highest BCUT2D eigenvalue weighted by Crippen LogP contribution is 2.37. The number of halogens is 1. The molecule has 0 saturated carbocycles. The minimum absolute atomic E-state index is 0.0329. The van der Waals surface area contributed by atoms with E-state index in [9.17, 15) is 14.4 Å². The molecule has 115 heavy (non-hydrogen) atoms. The van der Waals surface area contributed by atoms with Crippen molar-refractivity contribution < 1.29 is 28.6 Å². The van der Waals surface area contributed by atoms with Crippen molar-refractivity contribution in [2.45, 2.75) is 18.4 Å². The van der Waals surface area contributed by atoms with Gasteiger partial charge in [0.1, 0.15) is 17.5 Å². The predicted octanol–water partition coefficient (Wildman–Crippen LogP) is 20.7. The minimum Gasteiger partial charge on any atom is -0.378 e.